The number of rotatable bonds is 5. The van der Waals surface area contributed by atoms with Gasteiger partial charge in [-0.1, -0.05) is 12.1 Å². The van der Waals surface area contributed by atoms with Gasteiger partial charge >= 0.3 is 6.03 Å². The molecule has 1 atom stereocenters. The van der Waals surface area contributed by atoms with E-state index in [9.17, 15) is 14.7 Å². The second kappa shape index (κ2) is 7.49. The second-order valence-electron chi connectivity index (χ2n) is 4.83. The van der Waals surface area contributed by atoms with E-state index in [1.54, 1.807) is 31.2 Å². The zero-order chi connectivity index (χ0) is 15.1. The fraction of sp³-hybridized carbons (Fsp3) is 0.429. The van der Waals surface area contributed by atoms with E-state index in [1.807, 2.05) is 13.8 Å². The molecule has 6 heteroatoms. The molecule has 20 heavy (non-hydrogen) atoms. The first-order chi connectivity index (χ1) is 9.38. The normalized spacial score (nSPS) is 11.8. The van der Waals surface area contributed by atoms with Crippen molar-refractivity contribution in [2.75, 3.05) is 11.9 Å². The number of nitrogens with one attached hydrogen (secondary N) is 3. The van der Waals surface area contributed by atoms with Crippen LogP contribution in [0.25, 0.3) is 0 Å². The van der Waals surface area contributed by atoms with Gasteiger partial charge in [0.2, 0.25) is 5.91 Å². The fourth-order valence-electron chi connectivity index (χ4n) is 1.55. The molecule has 4 N–H and O–H groups in total. The molecule has 0 spiro atoms. The van der Waals surface area contributed by atoms with Crippen LogP contribution in [0.3, 0.4) is 0 Å². The van der Waals surface area contributed by atoms with Crippen molar-refractivity contribution < 1.29 is 14.7 Å². The van der Waals surface area contributed by atoms with Crippen LogP contribution in [0.15, 0.2) is 24.3 Å². The summed E-state index contributed by atoms with van der Waals surface area (Å²) >= 11 is 0. The molecule has 0 saturated heterocycles. The molecular formula is C14H21N3O3. The Bertz CT molecular complexity index is 455. The number of aliphatic hydroxyl groups is 1. The van der Waals surface area contributed by atoms with Crippen molar-refractivity contribution in [3.8, 4) is 0 Å². The Labute approximate surface area is 118 Å². The standard InChI is InChI=1S/C14H21N3O3/c1-9(2)16-13(19)8-15-14(20)17-12-6-4-11(5-7-12)10(3)18/h4-7,9-10,18H,8H2,1-3H3,(H,16,19)(H2,15,17,20). The zero-order valence-electron chi connectivity index (χ0n) is 11.9. The smallest absolute Gasteiger partial charge is 0.319 e. The van der Waals surface area contributed by atoms with Crippen molar-refractivity contribution in [3.05, 3.63) is 29.8 Å². The molecule has 0 aliphatic heterocycles. The molecule has 0 saturated carbocycles. The molecule has 110 valence electrons. The van der Waals surface area contributed by atoms with Crippen molar-refractivity contribution >= 4 is 17.6 Å². The summed E-state index contributed by atoms with van der Waals surface area (Å²) in [5.41, 5.74) is 1.36. The maximum atomic E-state index is 11.6. The number of carbonyl (C=O) groups is 2. The van der Waals surface area contributed by atoms with Crippen LogP contribution in [0, 0.1) is 0 Å². The minimum Gasteiger partial charge on any atom is -0.389 e. The molecule has 0 aromatic heterocycles. The molecule has 1 rings (SSSR count). The first-order valence-corrected chi connectivity index (χ1v) is 6.50. The predicted octanol–water partition coefficient (Wildman–Crippen LogP) is 1.39. The highest BCUT2D eigenvalue weighted by atomic mass is 16.3. The van der Waals surface area contributed by atoms with Crippen LogP contribution in [-0.4, -0.2) is 29.6 Å². The van der Waals surface area contributed by atoms with E-state index in [2.05, 4.69) is 16.0 Å². The monoisotopic (exact) mass is 279 g/mol. The van der Waals surface area contributed by atoms with Crippen LogP contribution in [0.2, 0.25) is 0 Å². The number of hydrogen-bond donors (Lipinski definition) is 4. The van der Waals surface area contributed by atoms with E-state index in [1.165, 1.54) is 0 Å². The van der Waals surface area contributed by atoms with E-state index in [4.69, 9.17) is 0 Å². The van der Waals surface area contributed by atoms with Crippen molar-refractivity contribution in [1.29, 1.82) is 0 Å². The average Bonchev–Trinajstić information content (AvgIpc) is 2.36. The third-order valence-corrected chi connectivity index (χ3v) is 2.51. The summed E-state index contributed by atoms with van der Waals surface area (Å²) < 4.78 is 0. The van der Waals surface area contributed by atoms with E-state index >= 15 is 0 Å². The summed E-state index contributed by atoms with van der Waals surface area (Å²) in [7, 11) is 0. The molecule has 0 aliphatic carbocycles. The Morgan fingerprint density at radius 2 is 1.75 bits per heavy atom. The Hall–Kier alpha value is -2.08. The minimum atomic E-state index is -0.544. The highest BCUT2D eigenvalue weighted by Crippen LogP contribution is 2.15. The quantitative estimate of drug-likeness (QED) is 0.656. The topological polar surface area (TPSA) is 90.5 Å². The molecule has 0 heterocycles. The van der Waals surface area contributed by atoms with Gasteiger partial charge in [-0.2, -0.15) is 0 Å². The van der Waals surface area contributed by atoms with Gasteiger partial charge < -0.3 is 21.1 Å². The first-order valence-electron chi connectivity index (χ1n) is 6.50. The number of urea groups is 1. The number of carbonyl (C=O) groups excluding carboxylic acids is 2. The third-order valence-electron chi connectivity index (χ3n) is 2.51. The average molecular weight is 279 g/mol. The summed E-state index contributed by atoms with van der Waals surface area (Å²) in [5.74, 6) is -0.236. The van der Waals surface area contributed by atoms with Crippen molar-refractivity contribution in [2.45, 2.75) is 32.9 Å². The van der Waals surface area contributed by atoms with Crippen LogP contribution in [0.1, 0.15) is 32.4 Å². The summed E-state index contributed by atoms with van der Waals surface area (Å²) in [4.78, 5) is 22.9. The Morgan fingerprint density at radius 3 is 2.25 bits per heavy atom. The molecular weight excluding hydrogens is 258 g/mol. The van der Waals surface area contributed by atoms with Gasteiger partial charge in [-0.15, -0.1) is 0 Å². The van der Waals surface area contributed by atoms with Crippen LogP contribution < -0.4 is 16.0 Å². The Kier molecular flexibility index (Phi) is 5.99. The van der Waals surface area contributed by atoms with Gasteiger partial charge in [-0.05, 0) is 38.5 Å². The molecule has 0 aliphatic rings. The largest absolute Gasteiger partial charge is 0.389 e. The van der Waals surface area contributed by atoms with Crippen LogP contribution in [0.4, 0.5) is 10.5 Å². The number of anilines is 1. The van der Waals surface area contributed by atoms with Gasteiger partial charge in [0, 0.05) is 11.7 Å². The summed E-state index contributed by atoms with van der Waals surface area (Å²) in [6.45, 7) is 5.29. The molecule has 0 radical (unpaired) electrons. The van der Waals surface area contributed by atoms with Gasteiger partial charge in [0.05, 0.1) is 12.6 Å². The maximum absolute atomic E-state index is 11.6. The molecule has 0 bridgehead atoms. The SMILES string of the molecule is CC(C)NC(=O)CNC(=O)Nc1ccc(C(C)O)cc1. The van der Waals surface area contributed by atoms with Gasteiger partial charge in [-0.25, -0.2) is 4.79 Å². The molecule has 1 unspecified atom stereocenters. The van der Waals surface area contributed by atoms with Gasteiger partial charge in [0.1, 0.15) is 0 Å². The summed E-state index contributed by atoms with van der Waals surface area (Å²) in [6, 6.07) is 6.43. The van der Waals surface area contributed by atoms with Gasteiger partial charge in [0.15, 0.2) is 0 Å². The van der Waals surface area contributed by atoms with Crippen molar-refractivity contribution in [1.82, 2.24) is 10.6 Å². The Balaban J connectivity index is 2.40. The third kappa shape index (κ3) is 5.71. The predicted molar refractivity (Wildman–Crippen MR) is 77.4 cm³/mol. The van der Waals surface area contributed by atoms with E-state index in [0.29, 0.717) is 5.69 Å². The molecule has 1 aromatic rings. The highest BCUT2D eigenvalue weighted by molar-refractivity contribution is 5.92. The number of amides is 3. The lowest BCUT2D eigenvalue weighted by Gasteiger charge is -2.11. The van der Waals surface area contributed by atoms with Crippen LogP contribution in [-0.2, 0) is 4.79 Å². The molecule has 0 fully saturated rings. The number of benzene rings is 1. The van der Waals surface area contributed by atoms with E-state index in [-0.39, 0.29) is 18.5 Å². The first kappa shape index (κ1) is 16.0. The van der Waals surface area contributed by atoms with Crippen molar-refractivity contribution in [2.24, 2.45) is 0 Å². The molecule has 6 nitrogen and oxygen atoms in total. The maximum Gasteiger partial charge on any atom is 0.319 e. The zero-order valence-corrected chi connectivity index (χ0v) is 11.9. The number of hydrogen-bond acceptors (Lipinski definition) is 3. The Morgan fingerprint density at radius 1 is 1.15 bits per heavy atom. The van der Waals surface area contributed by atoms with Crippen molar-refractivity contribution in [3.63, 3.8) is 0 Å². The highest BCUT2D eigenvalue weighted by Gasteiger charge is 2.07. The summed E-state index contributed by atoms with van der Waals surface area (Å²) in [5, 5.41) is 17.1. The second-order valence-corrected chi connectivity index (χ2v) is 4.83. The van der Waals surface area contributed by atoms with E-state index in [0.717, 1.165) is 5.56 Å². The van der Waals surface area contributed by atoms with E-state index < -0.39 is 12.1 Å². The lowest BCUT2D eigenvalue weighted by atomic mass is 10.1. The van der Waals surface area contributed by atoms with Gasteiger partial charge in [0.25, 0.3) is 0 Å². The van der Waals surface area contributed by atoms with Crippen LogP contribution >= 0.6 is 0 Å². The number of aliphatic hydroxyl groups excluding tert-OH is 1. The minimum absolute atomic E-state index is 0.0420. The lowest BCUT2D eigenvalue weighted by molar-refractivity contribution is -0.120. The van der Waals surface area contributed by atoms with Gasteiger partial charge in [-0.3, -0.25) is 4.79 Å². The lowest BCUT2D eigenvalue weighted by Crippen LogP contribution is -2.41. The molecule has 3 amide bonds. The summed E-state index contributed by atoms with van der Waals surface area (Å²) in [6.07, 6.45) is -0.544. The molecule has 1 aromatic carbocycles. The fourth-order valence-corrected chi connectivity index (χ4v) is 1.55. The van der Waals surface area contributed by atoms with Crippen LogP contribution in [0.5, 0.6) is 0 Å².